The van der Waals surface area contributed by atoms with Crippen LogP contribution in [0.4, 0.5) is 5.69 Å². The van der Waals surface area contributed by atoms with Crippen molar-refractivity contribution >= 4 is 17.4 Å². The van der Waals surface area contributed by atoms with Crippen molar-refractivity contribution in [2.45, 2.75) is 33.8 Å². The van der Waals surface area contributed by atoms with Gasteiger partial charge in [-0.15, -0.1) is 0 Å². The highest BCUT2D eigenvalue weighted by molar-refractivity contribution is 5.96. The molecule has 23 heavy (non-hydrogen) atoms. The molecule has 120 valence electrons. The highest BCUT2D eigenvalue weighted by atomic mass is 16.5. The van der Waals surface area contributed by atoms with Gasteiger partial charge in [0.25, 0.3) is 5.91 Å². The Kier molecular flexibility index (Phi) is 5.16. The number of ketones is 1. The second kappa shape index (κ2) is 7.09. The summed E-state index contributed by atoms with van der Waals surface area (Å²) in [5.41, 5.74) is 3.40. The van der Waals surface area contributed by atoms with E-state index in [9.17, 15) is 9.59 Å². The molecular formula is C19H21NO3. The summed E-state index contributed by atoms with van der Waals surface area (Å²) in [5, 5.41) is 2.79. The van der Waals surface area contributed by atoms with Crippen LogP contribution >= 0.6 is 0 Å². The molecule has 4 heteroatoms. The molecule has 0 aromatic heterocycles. The number of rotatable bonds is 5. The van der Waals surface area contributed by atoms with Crippen molar-refractivity contribution in [1.29, 1.82) is 0 Å². The first kappa shape index (κ1) is 16.7. The van der Waals surface area contributed by atoms with Gasteiger partial charge in [-0.25, -0.2) is 0 Å². The third-order valence-electron chi connectivity index (χ3n) is 3.79. The number of amides is 1. The van der Waals surface area contributed by atoms with Gasteiger partial charge in [0.2, 0.25) is 0 Å². The predicted molar refractivity (Wildman–Crippen MR) is 91.1 cm³/mol. The summed E-state index contributed by atoms with van der Waals surface area (Å²) in [7, 11) is 0. The number of Topliss-reactive ketones (excluding diaryl/α,β-unsaturated/α-hetero) is 1. The van der Waals surface area contributed by atoms with Gasteiger partial charge in [0.1, 0.15) is 5.75 Å². The second-order valence-electron chi connectivity index (χ2n) is 5.58. The van der Waals surface area contributed by atoms with Crippen molar-refractivity contribution < 1.29 is 14.3 Å². The van der Waals surface area contributed by atoms with Gasteiger partial charge in [0, 0.05) is 11.3 Å². The lowest BCUT2D eigenvalue weighted by atomic mass is 10.1. The average Bonchev–Trinajstić information content (AvgIpc) is 2.52. The van der Waals surface area contributed by atoms with Crippen molar-refractivity contribution in [2.24, 2.45) is 0 Å². The molecule has 1 atom stereocenters. The lowest BCUT2D eigenvalue weighted by Crippen LogP contribution is -2.30. The number of hydrogen-bond donors (Lipinski definition) is 1. The Balaban J connectivity index is 2.02. The van der Waals surface area contributed by atoms with Crippen molar-refractivity contribution in [3.63, 3.8) is 0 Å². The molecule has 1 N–H and O–H groups in total. The molecule has 0 aliphatic carbocycles. The molecule has 0 heterocycles. The van der Waals surface area contributed by atoms with E-state index in [1.165, 1.54) is 6.92 Å². The maximum Gasteiger partial charge on any atom is 0.265 e. The molecule has 0 aliphatic rings. The largest absolute Gasteiger partial charge is 0.481 e. The SMILES string of the molecule is CC(=O)c1ccc(NC(=O)C(C)Oc2cccc(C)c2C)cc1. The lowest BCUT2D eigenvalue weighted by molar-refractivity contribution is -0.122. The third kappa shape index (κ3) is 4.19. The summed E-state index contributed by atoms with van der Waals surface area (Å²) in [6, 6.07) is 12.6. The van der Waals surface area contributed by atoms with Gasteiger partial charge in [0.15, 0.2) is 11.9 Å². The zero-order valence-electron chi connectivity index (χ0n) is 13.8. The number of anilines is 1. The van der Waals surface area contributed by atoms with E-state index >= 15 is 0 Å². The van der Waals surface area contributed by atoms with Gasteiger partial charge in [-0.05, 0) is 69.2 Å². The zero-order chi connectivity index (χ0) is 17.0. The Hall–Kier alpha value is -2.62. The smallest absolute Gasteiger partial charge is 0.265 e. The number of aryl methyl sites for hydroxylation is 1. The quantitative estimate of drug-likeness (QED) is 0.852. The Morgan fingerprint density at radius 1 is 1.04 bits per heavy atom. The normalized spacial score (nSPS) is 11.7. The van der Waals surface area contributed by atoms with Crippen molar-refractivity contribution in [3.8, 4) is 5.75 Å². The van der Waals surface area contributed by atoms with Gasteiger partial charge in [-0.2, -0.15) is 0 Å². The molecule has 0 saturated heterocycles. The van der Waals surface area contributed by atoms with Crippen molar-refractivity contribution in [2.75, 3.05) is 5.32 Å². The molecule has 0 fully saturated rings. The van der Waals surface area contributed by atoms with Crippen LogP contribution in [0, 0.1) is 13.8 Å². The van der Waals surface area contributed by atoms with E-state index in [4.69, 9.17) is 4.74 Å². The fraction of sp³-hybridized carbons (Fsp3) is 0.263. The summed E-state index contributed by atoms with van der Waals surface area (Å²) in [4.78, 5) is 23.5. The highest BCUT2D eigenvalue weighted by Crippen LogP contribution is 2.22. The summed E-state index contributed by atoms with van der Waals surface area (Å²) < 4.78 is 5.76. The standard InChI is InChI=1S/C19H21NO3/c1-12-6-5-7-18(13(12)2)23-15(4)19(22)20-17-10-8-16(9-11-17)14(3)21/h5-11,15H,1-4H3,(H,20,22). The molecule has 4 nitrogen and oxygen atoms in total. The first-order valence-corrected chi connectivity index (χ1v) is 7.53. The Morgan fingerprint density at radius 3 is 2.30 bits per heavy atom. The van der Waals surface area contributed by atoms with Crippen LogP contribution in [0.2, 0.25) is 0 Å². The lowest BCUT2D eigenvalue weighted by Gasteiger charge is -2.17. The van der Waals surface area contributed by atoms with Gasteiger partial charge in [0.05, 0.1) is 0 Å². The number of hydrogen-bond acceptors (Lipinski definition) is 3. The summed E-state index contributed by atoms with van der Waals surface area (Å²) >= 11 is 0. The molecule has 0 radical (unpaired) electrons. The van der Waals surface area contributed by atoms with Crippen molar-refractivity contribution in [3.05, 3.63) is 59.2 Å². The average molecular weight is 311 g/mol. The molecule has 2 rings (SSSR count). The predicted octanol–water partition coefficient (Wildman–Crippen LogP) is 3.91. The van der Waals surface area contributed by atoms with Gasteiger partial charge >= 0.3 is 0 Å². The summed E-state index contributed by atoms with van der Waals surface area (Å²) in [6.07, 6.45) is -0.622. The van der Waals surface area contributed by atoms with E-state index in [2.05, 4.69) is 5.32 Å². The highest BCUT2D eigenvalue weighted by Gasteiger charge is 2.16. The van der Waals surface area contributed by atoms with E-state index < -0.39 is 6.10 Å². The minimum absolute atomic E-state index is 0.00509. The molecule has 1 unspecified atom stereocenters. The van der Waals surface area contributed by atoms with Crippen LogP contribution in [-0.4, -0.2) is 17.8 Å². The van der Waals surface area contributed by atoms with E-state index in [-0.39, 0.29) is 11.7 Å². The number of ether oxygens (including phenoxy) is 1. The van der Waals surface area contributed by atoms with Crippen LogP contribution < -0.4 is 10.1 Å². The summed E-state index contributed by atoms with van der Waals surface area (Å²) in [6.45, 7) is 7.19. The van der Waals surface area contributed by atoms with Crippen LogP contribution in [0.5, 0.6) is 5.75 Å². The number of carbonyl (C=O) groups excluding carboxylic acids is 2. The van der Waals surface area contributed by atoms with Crippen LogP contribution in [0.3, 0.4) is 0 Å². The van der Waals surface area contributed by atoms with Gasteiger partial charge in [-0.1, -0.05) is 12.1 Å². The topological polar surface area (TPSA) is 55.4 Å². The second-order valence-corrected chi connectivity index (χ2v) is 5.58. The minimum atomic E-state index is -0.622. The molecule has 0 spiro atoms. The van der Waals surface area contributed by atoms with Crippen LogP contribution in [0.15, 0.2) is 42.5 Å². The maximum atomic E-state index is 12.2. The molecule has 0 saturated carbocycles. The fourth-order valence-electron chi connectivity index (χ4n) is 2.13. The summed E-state index contributed by atoms with van der Waals surface area (Å²) in [5.74, 6) is 0.468. The zero-order valence-corrected chi connectivity index (χ0v) is 13.8. The minimum Gasteiger partial charge on any atom is -0.481 e. The molecule has 0 aliphatic heterocycles. The Morgan fingerprint density at radius 2 is 1.70 bits per heavy atom. The maximum absolute atomic E-state index is 12.2. The van der Waals surface area contributed by atoms with E-state index in [0.717, 1.165) is 11.1 Å². The van der Waals surface area contributed by atoms with Crippen LogP contribution in [0.1, 0.15) is 35.3 Å². The first-order valence-electron chi connectivity index (χ1n) is 7.53. The number of nitrogens with one attached hydrogen (secondary N) is 1. The molecule has 1 amide bonds. The Bertz CT molecular complexity index is 720. The molecule has 2 aromatic carbocycles. The van der Waals surface area contributed by atoms with Crippen molar-refractivity contribution in [1.82, 2.24) is 0 Å². The van der Waals surface area contributed by atoms with Crippen LogP contribution in [0.25, 0.3) is 0 Å². The van der Waals surface area contributed by atoms with E-state index in [1.807, 2.05) is 32.0 Å². The fourth-order valence-corrected chi connectivity index (χ4v) is 2.13. The third-order valence-corrected chi connectivity index (χ3v) is 3.79. The van der Waals surface area contributed by atoms with Gasteiger partial charge < -0.3 is 10.1 Å². The molecular weight excluding hydrogens is 290 g/mol. The number of benzene rings is 2. The van der Waals surface area contributed by atoms with E-state index in [0.29, 0.717) is 17.0 Å². The van der Waals surface area contributed by atoms with Gasteiger partial charge in [-0.3, -0.25) is 9.59 Å². The molecule has 0 bridgehead atoms. The van der Waals surface area contributed by atoms with E-state index in [1.54, 1.807) is 31.2 Å². The molecule has 2 aromatic rings. The number of carbonyl (C=O) groups is 2. The Labute approximate surface area is 136 Å². The van der Waals surface area contributed by atoms with Crippen LogP contribution in [-0.2, 0) is 4.79 Å². The first-order chi connectivity index (χ1) is 10.9. The monoisotopic (exact) mass is 311 g/mol.